The minimum absolute atomic E-state index is 0. The Hall–Kier alpha value is -5.06. The van der Waals surface area contributed by atoms with E-state index in [-0.39, 0.29) is 76.8 Å². The van der Waals surface area contributed by atoms with Crippen LogP contribution < -0.4 is 67.5 Å². The molecule has 3 aromatic carbocycles. The Morgan fingerprint density at radius 3 is 2.15 bits per heavy atom. The second-order valence-corrected chi connectivity index (χ2v) is 14.9. The van der Waals surface area contributed by atoms with Gasteiger partial charge >= 0.3 is 75.3 Å². The van der Waals surface area contributed by atoms with Crippen LogP contribution in [0.5, 0.6) is 0 Å². The molecule has 6 N–H and O–H groups in total. The number of carboxylic acids is 2. The first-order valence-corrected chi connectivity index (χ1v) is 21.4. The number of allylic oxidation sites excluding steroid dienone is 1. The Kier molecular flexibility index (Phi) is 24.3. The number of aryl methyl sites for hydroxylation is 1. The number of nitrogens with two attached hydrogens (primary N) is 1. The second-order valence-electron chi connectivity index (χ2n) is 14.1. The summed E-state index contributed by atoms with van der Waals surface area (Å²) < 4.78 is 17.8. The number of nitrogens with one attached hydrogen (secondary N) is 1. The normalized spacial score (nSPS) is 13.1. The van der Waals surface area contributed by atoms with Gasteiger partial charge in [-0.1, -0.05) is 103 Å². The number of ether oxygens (including phenoxy) is 3. The number of carboxylic acid groups (broad SMARTS) is 2. The van der Waals surface area contributed by atoms with Gasteiger partial charge in [0.05, 0.1) is 62.0 Å². The smallest absolute Gasteiger partial charge is 0.478 e. The number of benzene rings is 3. The molecule has 0 saturated carbocycles. The zero-order valence-corrected chi connectivity index (χ0v) is 42.4. The molecule has 0 spiro atoms. The molecule has 0 amide bonds. The van der Waals surface area contributed by atoms with Gasteiger partial charge in [0.1, 0.15) is 5.82 Å². The number of unbranched alkanes of at least 4 members (excludes halogenated alkanes) is 1. The van der Waals surface area contributed by atoms with Crippen LogP contribution in [0, 0.1) is 0 Å². The molecule has 0 aliphatic carbocycles. The minimum Gasteiger partial charge on any atom is -0.478 e. The van der Waals surface area contributed by atoms with Crippen molar-refractivity contribution in [2.75, 3.05) is 33.5 Å². The third-order valence-corrected chi connectivity index (χ3v) is 10.4. The number of imidazole rings is 1. The number of dihydropyridines is 1. The number of halogens is 2. The molecule has 0 fully saturated rings. The van der Waals surface area contributed by atoms with E-state index < -0.39 is 29.8 Å². The predicted molar refractivity (Wildman–Crippen MR) is 245 cm³/mol. The average molecular weight is 986 g/mol. The largest absolute Gasteiger partial charge is 1.00 e. The first-order valence-electron chi connectivity index (χ1n) is 20.6. The summed E-state index contributed by atoms with van der Waals surface area (Å²) in [5.74, 6) is -2.96. The number of nitrogens with zero attached hydrogens (tertiary/aromatic N) is 6. The van der Waals surface area contributed by atoms with Gasteiger partial charge in [0.2, 0.25) is 0 Å². The summed E-state index contributed by atoms with van der Waals surface area (Å²) in [7, 11) is 1.29. The first kappa shape index (κ1) is 56.3. The molecule has 0 saturated heterocycles. The molecule has 350 valence electrons. The number of aromatic nitrogens is 6. The number of tetrazole rings is 1. The molecule has 1 atom stereocenters. The SMILES string of the molecule is CCCCc1nc(Cl)c(CO)n1Cc1ccc(-c2ccccc2-c2nnn[n-]2)cc1.CCOC(=O)C1=C(COCCN)NC(C)=C(C(=O)OC)C1c1ccccc1Cl.O=C(O)/C=C\C(=O)O.[K+]. The van der Waals surface area contributed by atoms with Gasteiger partial charge in [-0.3, -0.25) is 10.3 Å². The van der Waals surface area contributed by atoms with E-state index in [9.17, 15) is 24.3 Å². The molecule has 1 aliphatic rings. The number of esters is 2. The number of hydrogen-bond donors (Lipinski definition) is 5. The summed E-state index contributed by atoms with van der Waals surface area (Å²) in [6.45, 7) is 7.03. The summed E-state index contributed by atoms with van der Waals surface area (Å²) >= 11 is 12.7. The number of aliphatic hydroxyl groups is 1. The van der Waals surface area contributed by atoms with Gasteiger partial charge in [-0.05, 0) is 54.2 Å². The summed E-state index contributed by atoms with van der Waals surface area (Å²) in [6, 6.07) is 23.3. The summed E-state index contributed by atoms with van der Waals surface area (Å²) in [6.07, 6.45) is 4.06. The molecule has 5 aromatic rings. The van der Waals surface area contributed by atoms with Crippen molar-refractivity contribution in [3.05, 3.63) is 140 Å². The van der Waals surface area contributed by atoms with Crippen molar-refractivity contribution in [2.24, 2.45) is 5.73 Å². The molecule has 67 heavy (non-hydrogen) atoms. The quantitative estimate of drug-likeness (QED) is 0.0366. The fourth-order valence-corrected chi connectivity index (χ4v) is 7.29. The Morgan fingerprint density at radius 2 is 1.58 bits per heavy atom. The maximum atomic E-state index is 12.9. The number of rotatable bonds is 18. The zero-order chi connectivity index (χ0) is 48.2. The molecule has 1 aliphatic heterocycles. The van der Waals surface area contributed by atoms with Gasteiger partial charge in [0.25, 0.3) is 0 Å². The van der Waals surface area contributed by atoms with E-state index >= 15 is 0 Å². The van der Waals surface area contributed by atoms with Crippen LogP contribution in [0.3, 0.4) is 0 Å². The first-order chi connectivity index (χ1) is 31.8. The fourth-order valence-electron chi connectivity index (χ4n) is 6.78. The van der Waals surface area contributed by atoms with Gasteiger partial charge in [-0.25, -0.2) is 24.2 Å². The number of hydrogen-bond acceptors (Lipinski definition) is 14. The molecule has 0 radical (unpaired) electrons. The third kappa shape index (κ3) is 16.0. The molecular weight excluding hydrogens is 935 g/mol. The number of carbonyl (C=O) groups is 4. The van der Waals surface area contributed by atoms with Crippen LogP contribution in [0.15, 0.2) is 107 Å². The van der Waals surface area contributed by atoms with Crippen molar-refractivity contribution in [3.63, 3.8) is 0 Å². The molecule has 0 bridgehead atoms. The van der Waals surface area contributed by atoms with E-state index in [1.807, 2.05) is 28.8 Å². The molecule has 3 heterocycles. The Balaban J connectivity index is 0.000000303. The van der Waals surface area contributed by atoms with Gasteiger partial charge in [0.15, 0.2) is 5.15 Å². The van der Waals surface area contributed by atoms with Gasteiger partial charge in [0, 0.05) is 48.2 Å². The van der Waals surface area contributed by atoms with Crippen molar-refractivity contribution in [1.82, 2.24) is 35.5 Å². The minimum atomic E-state index is -1.26. The van der Waals surface area contributed by atoms with E-state index in [1.54, 1.807) is 38.1 Å². The van der Waals surface area contributed by atoms with Crippen molar-refractivity contribution in [2.45, 2.75) is 59.1 Å². The van der Waals surface area contributed by atoms with Crippen molar-refractivity contribution in [3.8, 4) is 22.5 Å². The van der Waals surface area contributed by atoms with Crippen LogP contribution in [0.25, 0.3) is 22.5 Å². The molecule has 1 unspecified atom stereocenters. The molecule has 6 rings (SSSR count). The van der Waals surface area contributed by atoms with Gasteiger partial charge in [-0.15, -0.1) is 0 Å². The van der Waals surface area contributed by atoms with Gasteiger partial charge < -0.3 is 50.2 Å². The monoisotopic (exact) mass is 984 g/mol. The van der Waals surface area contributed by atoms with Crippen LogP contribution in [0.4, 0.5) is 0 Å². The Labute approximate surface area is 440 Å². The Morgan fingerprint density at radius 1 is 0.925 bits per heavy atom. The average Bonchev–Trinajstić information content (AvgIpc) is 3.96. The van der Waals surface area contributed by atoms with Crippen LogP contribution >= 0.6 is 23.2 Å². The summed E-state index contributed by atoms with van der Waals surface area (Å²) in [4.78, 5) is 49.0. The standard InChI is InChI=1S/C22H22ClN6O.C20H25ClN2O5.C4H4O4.K/c1-2-3-8-20-24-21(23)19(14-30)29(20)13-15-9-11-16(12-10-15)17-6-4-5-7-18(17)22-25-27-28-26-22;1-4-28-20(25)18-15(11-27-10-9-22)23-12(2)16(19(24)26-3)17(18)13-7-5-6-8-14(13)21;5-3(6)1-2-4(7)8;/h4-7,9-12,30H,2-3,8,13-14H2,1H3;5-8,17,23H,4,9-11,22H2,1-3H3;1-2H,(H,5,6)(H,7,8);/q-1;;;+1/b;;2-1-;. The summed E-state index contributed by atoms with van der Waals surface area (Å²) in [5.41, 5.74) is 12.4. The molecule has 2 aromatic heterocycles. The van der Waals surface area contributed by atoms with Crippen molar-refractivity contribution >= 4 is 47.1 Å². The number of aliphatic hydroxyl groups excluding tert-OH is 1. The maximum Gasteiger partial charge on any atom is 1.00 e. The van der Waals surface area contributed by atoms with Crippen molar-refractivity contribution < 1.29 is 100 Å². The van der Waals surface area contributed by atoms with E-state index in [2.05, 4.69) is 62.1 Å². The van der Waals surface area contributed by atoms with Crippen molar-refractivity contribution in [1.29, 1.82) is 0 Å². The number of methoxy groups -OCH3 is 1. The molecule has 18 nitrogen and oxygen atoms in total. The number of carbonyl (C=O) groups excluding carboxylic acids is 2. The zero-order valence-electron chi connectivity index (χ0n) is 37.7. The second kappa shape index (κ2) is 29.0. The van der Waals surface area contributed by atoms with Gasteiger partial charge in [-0.2, -0.15) is 5.21 Å². The summed E-state index contributed by atoms with van der Waals surface area (Å²) in [5, 5.41) is 44.4. The van der Waals surface area contributed by atoms with Crippen LogP contribution in [-0.2, 0) is 53.0 Å². The van der Waals surface area contributed by atoms with E-state index in [1.165, 1.54) is 7.11 Å². The van der Waals surface area contributed by atoms with E-state index in [4.69, 9.17) is 53.4 Å². The molecule has 21 heteroatoms. The fraction of sp³-hybridized carbons (Fsp3) is 0.304. The molecular formula is C46H51Cl2KN8O10. The Bertz CT molecular complexity index is 2510. The topological polar surface area (TPSA) is 265 Å². The predicted octanol–water partition coefficient (Wildman–Crippen LogP) is 2.88. The third-order valence-electron chi connectivity index (χ3n) is 9.74. The van der Waals surface area contributed by atoms with Crippen LogP contribution in [0.1, 0.15) is 62.2 Å². The maximum absolute atomic E-state index is 12.9. The van der Waals surface area contributed by atoms with E-state index in [0.29, 0.717) is 76.1 Å². The van der Waals surface area contributed by atoms with E-state index in [0.717, 1.165) is 47.3 Å². The van der Waals surface area contributed by atoms with Crippen LogP contribution in [-0.4, -0.2) is 97.7 Å². The number of aliphatic carboxylic acids is 2. The van der Waals surface area contributed by atoms with Crippen LogP contribution in [0.2, 0.25) is 10.2 Å².